The van der Waals surface area contributed by atoms with Crippen LogP contribution in [0.4, 0.5) is 0 Å². The van der Waals surface area contributed by atoms with E-state index in [1.54, 1.807) is 0 Å². The fourth-order valence-electron chi connectivity index (χ4n) is 2.26. The minimum atomic E-state index is 0.950. The van der Waals surface area contributed by atoms with Crippen LogP contribution in [0.25, 0.3) is 0 Å². The number of hydrogen-bond acceptors (Lipinski definition) is 1. The van der Waals surface area contributed by atoms with Gasteiger partial charge in [-0.1, -0.05) is 17.7 Å². The summed E-state index contributed by atoms with van der Waals surface area (Å²) < 4.78 is 0. The summed E-state index contributed by atoms with van der Waals surface area (Å²) in [6, 6.07) is 4.50. The fourth-order valence-corrected chi connectivity index (χ4v) is 2.54. The molecule has 0 saturated carbocycles. The predicted molar refractivity (Wildman–Crippen MR) is 65.7 cm³/mol. The maximum atomic E-state index is 6.27. The predicted octanol–water partition coefficient (Wildman–Crippen LogP) is 2.98. The highest BCUT2D eigenvalue weighted by Gasteiger charge is 2.12. The number of halogens is 1. The molecule has 0 radical (unpaired) electrons. The molecule has 0 bridgehead atoms. The van der Waals surface area contributed by atoms with Gasteiger partial charge in [0, 0.05) is 5.02 Å². The lowest BCUT2D eigenvalue weighted by atomic mass is 9.90. The van der Waals surface area contributed by atoms with Gasteiger partial charge in [0.25, 0.3) is 0 Å². The van der Waals surface area contributed by atoms with Crippen molar-refractivity contribution < 1.29 is 0 Å². The quantitative estimate of drug-likeness (QED) is 0.831. The van der Waals surface area contributed by atoms with Gasteiger partial charge >= 0.3 is 0 Å². The molecule has 0 aromatic heterocycles. The second-order valence-corrected chi connectivity index (χ2v) is 4.68. The number of likely N-dealkylation sites (N-methyl/N-ethyl adjacent to an activating group) is 1. The summed E-state index contributed by atoms with van der Waals surface area (Å²) in [4.78, 5) is 0. The third-order valence-corrected chi connectivity index (χ3v) is 3.51. The van der Waals surface area contributed by atoms with Crippen molar-refractivity contribution in [3.63, 3.8) is 0 Å². The molecule has 2 heteroatoms. The van der Waals surface area contributed by atoms with Crippen LogP contribution in [0, 0.1) is 0 Å². The summed E-state index contributed by atoms with van der Waals surface area (Å²) in [5, 5.41) is 4.11. The average molecular weight is 224 g/mol. The molecule has 82 valence electrons. The van der Waals surface area contributed by atoms with Crippen molar-refractivity contribution in [1.82, 2.24) is 5.32 Å². The molecule has 1 aromatic rings. The minimum absolute atomic E-state index is 0.950. The molecule has 1 aromatic carbocycles. The Hall–Kier alpha value is -0.530. The van der Waals surface area contributed by atoms with Gasteiger partial charge in [0.2, 0.25) is 0 Å². The van der Waals surface area contributed by atoms with Crippen molar-refractivity contribution in [1.29, 1.82) is 0 Å². The smallest absolute Gasteiger partial charge is 0.0441 e. The fraction of sp³-hybridized carbons (Fsp3) is 0.538. The van der Waals surface area contributed by atoms with Gasteiger partial charge in [-0.05, 0) is 68.5 Å². The Morgan fingerprint density at radius 3 is 2.53 bits per heavy atom. The Bertz CT molecular complexity index is 347. The molecule has 0 unspecified atom stereocenters. The lowest BCUT2D eigenvalue weighted by Crippen LogP contribution is -2.11. The summed E-state index contributed by atoms with van der Waals surface area (Å²) in [5.74, 6) is 0. The first kappa shape index (κ1) is 11.0. The Balaban J connectivity index is 2.24. The molecular formula is C13H18ClN. The Kier molecular flexibility index (Phi) is 3.66. The lowest BCUT2D eigenvalue weighted by Gasteiger charge is -2.17. The molecule has 0 atom stereocenters. The minimum Gasteiger partial charge on any atom is -0.319 e. The first-order chi connectivity index (χ1) is 7.31. The molecule has 1 aliphatic rings. The highest BCUT2D eigenvalue weighted by molar-refractivity contribution is 6.31. The number of aryl methyl sites for hydroxylation is 2. The molecule has 0 aliphatic heterocycles. The van der Waals surface area contributed by atoms with Gasteiger partial charge in [-0.3, -0.25) is 0 Å². The maximum absolute atomic E-state index is 6.27. The largest absolute Gasteiger partial charge is 0.319 e. The van der Waals surface area contributed by atoms with E-state index < -0.39 is 0 Å². The van der Waals surface area contributed by atoms with Crippen LogP contribution >= 0.6 is 11.6 Å². The van der Waals surface area contributed by atoms with Gasteiger partial charge in [-0.25, -0.2) is 0 Å². The van der Waals surface area contributed by atoms with Gasteiger partial charge in [0.05, 0.1) is 0 Å². The maximum Gasteiger partial charge on any atom is 0.0441 e. The number of rotatable bonds is 3. The molecule has 0 saturated heterocycles. The Morgan fingerprint density at radius 1 is 1.20 bits per heavy atom. The molecule has 0 spiro atoms. The molecule has 1 N–H and O–H groups in total. The summed E-state index contributed by atoms with van der Waals surface area (Å²) >= 11 is 6.27. The van der Waals surface area contributed by atoms with E-state index in [0.29, 0.717) is 0 Å². The van der Waals surface area contributed by atoms with Crippen LogP contribution in [0.15, 0.2) is 12.1 Å². The van der Waals surface area contributed by atoms with E-state index in [0.717, 1.165) is 18.0 Å². The monoisotopic (exact) mass is 223 g/mol. The van der Waals surface area contributed by atoms with E-state index in [1.165, 1.54) is 42.4 Å². The van der Waals surface area contributed by atoms with Crippen LogP contribution in [0.5, 0.6) is 0 Å². The van der Waals surface area contributed by atoms with Gasteiger partial charge in [-0.2, -0.15) is 0 Å². The van der Waals surface area contributed by atoms with E-state index in [4.69, 9.17) is 11.6 Å². The second-order valence-electron chi connectivity index (χ2n) is 4.27. The van der Waals surface area contributed by atoms with E-state index >= 15 is 0 Å². The van der Waals surface area contributed by atoms with Crippen LogP contribution in [0.3, 0.4) is 0 Å². The molecular weight excluding hydrogens is 206 g/mol. The SMILES string of the molecule is CNCCc1cc2c(cc1Cl)CCCC2. The molecule has 2 rings (SSSR count). The highest BCUT2D eigenvalue weighted by Crippen LogP contribution is 2.27. The summed E-state index contributed by atoms with van der Waals surface area (Å²) in [6.07, 6.45) is 6.13. The third kappa shape index (κ3) is 2.53. The molecule has 1 aliphatic carbocycles. The van der Waals surface area contributed by atoms with Gasteiger partial charge in [0.1, 0.15) is 0 Å². The number of hydrogen-bond donors (Lipinski definition) is 1. The van der Waals surface area contributed by atoms with Crippen LogP contribution in [0.1, 0.15) is 29.5 Å². The average Bonchev–Trinajstić information content (AvgIpc) is 2.26. The topological polar surface area (TPSA) is 12.0 Å². The van der Waals surface area contributed by atoms with Gasteiger partial charge in [-0.15, -0.1) is 0 Å². The lowest BCUT2D eigenvalue weighted by molar-refractivity contribution is 0.683. The summed E-state index contributed by atoms with van der Waals surface area (Å²) in [7, 11) is 1.98. The zero-order valence-electron chi connectivity index (χ0n) is 9.28. The normalized spacial score (nSPS) is 15.1. The van der Waals surface area contributed by atoms with Crippen LogP contribution in [-0.2, 0) is 19.3 Å². The highest BCUT2D eigenvalue weighted by atomic mass is 35.5. The Morgan fingerprint density at radius 2 is 1.87 bits per heavy atom. The van der Waals surface area contributed by atoms with E-state index in [2.05, 4.69) is 17.4 Å². The van der Waals surface area contributed by atoms with Crippen molar-refractivity contribution in [3.8, 4) is 0 Å². The molecule has 15 heavy (non-hydrogen) atoms. The standard InChI is InChI=1S/C13H18ClN/c1-15-7-6-12-8-10-4-2-3-5-11(10)9-13(12)14/h8-9,15H,2-7H2,1H3. The van der Waals surface area contributed by atoms with Crippen LogP contribution in [0.2, 0.25) is 5.02 Å². The van der Waals surface area contributed by atoms with Crippen molar-refractivity contribution in [3.05, 3.63) is 33.8 Å². The zero-order chi connectivity index (χ0) is 10.7. The van der Waals surface area contributed by atoms with E-state index in [1.807, 2.05) is 7.05 Å². The first-order valence-electron chi connectivity index (χ1n) is 5.76. The van der Waals surface area contributed by atoms with Crippen molar-refractivity contribution in [2.75, 3.05) is 13.6 Å². The van der Waals surface area contributed by atoms with Gasteiger partial charge in [0.15, 0.2) is 0 Å². The van der Waals surface area contributed by atoms with Gasteiger partial charge < -0.3 is 5.32 Å². The van der Waals surface area contributed by atoms with Crippen molar-refractivity contribution in [2.45, 2.75) is 32.1 Å². The number of nitrogens with one attached hydrogen (secondary N) is 1. The zero-order valence-corrected chi connectivity index (χ0v) is 10.0. The summed E-state index contributed by atoms with van der Waals surface area (Å²) in [6.45, 7) is 0.999. The van der Waals surface area contributed by atoms with Crippen LogP contribution in [-0.4, -0.2) is 13.6 Å². The first-order valence-corrected chi connectivity index (χ1v) is 6.14. The molecule has 0 heterocycles. The summed E-state index contributed by atoms with van der Waals surface area (Å²) in [5.41, 5.74) is 4.29. The molecule has 0 amide bonds. The Labute approximate surface area is 96.8 Å². The molecule has 1 nitrogen and oxygen atoms in total. The number of fused-ring (bicyclic) bond motifs is 1. The van der Waals surface area contributed by atoms with Crippen molar-refractivity contribution in [2.24, 2.45) is 0 Å². The number of benzene rings is 1. The second kappa shape index (κ2) is 5.00. The van der Waals surface area contributed by atoms with Crippen LogP contribution < -0.4 is 5.32 Å². The van der Waals surface area contributed by atoms with E-state index in [-0.39, 0.29) is 0 Å². The van der Waals surface area contributed by atoms with E-state index in [9.17, 15) is 0 Å². The van der Waals surface area contributed by atoms with Crippen molar-refractivity contribution >= 4 is 11.6 Å². The molecule has 0 fully saturated rings. The third-order valence-electron chi connectivity index (χ3n) is 3.16.